The molecule has 5 nitrogen and oxygen atoms in total. The number of urea groups is 1. The molecule has 1 aliphatic heterocycles. The van der Waals surface area contributed by atoms with Crippen molar-refractivity contribution in [3.05, 3.63) is 0 Å². The number of amides is 2. The van der Waals surface area contributed by atoms with E-state index >= 15 is 0 Å². The second kappa shape index (κ2) is 6.95. The number of carbonyl (C=O) groups excluding carboxylic acids is 1. The van der Waals surface area contributed by atoms with Crippen LogP contribution in [-0.4, -0.2) is 66.3 Å². The van der Waals surface area contributed by atoms with E-state index in [1.54, 1.807) is 0 Å². The fourth-order valence-corrected chi connectivity index (χ4v) is 3.03. The van der Waals surface area contributed by atoms with Crippen LogP contribution in [0.1, 0.15) is 32.1 Å². The van der Waals surface area contributed by atoms with Gasteiger partial charge in [0.05, 0.1) is 6.61 Å². The molecule has 5 heteroatoms. The lowest BCUT2D eigenvalue weighted by molar-refractivity contribution is 0.115. The highest BCUT2D eigenvalue weighted by Crippen LogP contribution is 2.22. The van der Waals surface area contributed by atoms with Crippen molar-refractivity contribution in [2.75, 3.05) is 39.3 Å². The van der Waals surface area contributed by atoms with Crippen molar-refractivity contribution in [3.8, 4) is 0 Å². The number of aliphatic hydroxyl groups is 1. The molecule has 0 atom stereocenters. The lowest BCUT2D eigenvalue weighted by Crippen LogP contribution is -2.44. The van der Waals surface area contributed by atoms with Crippen LogP contribution in [0.3, 0.4) is 0 Å². The molecule has 0 radical (unpaired) electrons. The molecule has 0 aromatic carbocycles. The number of hydrogen-bond donors (Lipinski definition) is 2. The average Bonchev–Trinajstić information content (AvgIpc) is 2.81. The quantitative estimate of drug-likeness (QED) is 0.732. The zero-order chi connectivity index (χ0) is 12.8. The summed E-state index contributed by atoms with van der Waals surface area (Å²) in [6.07, 6.45) is 6.43. The van der Waals surface area contributed by atoms with Gasteiger partial charge in [-0.3, -0.25) is 4.90 Å². The Morgan fingerprint density at radius 3 is 2.67 bits per heavy atom. The van der Waals surface area contributed by atoms with Crippen molar-refractivity contribution in [2.24, 2.45) is 0 Å². The maximum Gasteiger partial charge on any atom is 0.317 e. The predicted molar refractivity (Wildman–Crippen MR) is 70.5 cm³/mol. The number of hydrogen-bond acceptors (Lipinski definition) is 3. The van der Waals surface area contributed by atoms with Crippen LogP contribution < -0.4 is 5.32 Å². The van der Waals surface area contributed by atoms with Crippen molar-refractivity contribution in [1.82, 2.24) is 15.1 Å². The van der Waals surface area contributed by atoms with Gasteiger partial charge in [0.25, 0.3) is 0 Å². The van der Waals surface area contributed by atoms with Gasteiger partial charge in [-0.2, -0.15) is 0 Å². The van der Waals surface area contributed by atoms with Gasteiger partial charge in [-0.1, -0.05) is 19.3 Å². The van der Waals surface area contributed by atoms with Gasteiger partial charge < -0.3 is 15.3 Å². The topological polar surface area (TPSA) is 55.8 Å². The molecule has 1 heterocycles. The van der Waals surface area contributed by atoms with Gasteiger partial charge in [-0.15, -0.1) is 0 Å². The van der Waals surface area contributed by atoms with Crippen LogP contribution in [0.25, 0.3) is 0 Å². The van der Waals surface area contributed by atoms with Crippen LogP contribution in [0, 0.1) is 0 Å². The molecule has 2 fully saturated rings. The first-order valence-corrected chi connectivity index (χ1v) is 7.19. The van der Waals surface area contributed by atoms with Gasteiger partial charge in [0, 0.05) is 38.8 Å². The van der Waals surface area contributed by atoms with E-state index in [9.17, 15) is 9.90 Å². The largest absolute Gasteiger partial charge is 0.395 e. The zero-order valence-electron chi connectivity index (χ0n) is 11.1. The smallest absolute Gasteiger partial charge is 0.317 e. The molecule has 0 unspecified atom stereocenters. The highest BCUT2D eigenvalue weighted by Gasteiger charge is 2.23. The average molecular weight is 255 g/mol. The van der Waals surface area contributed by atoms with E-state index in [-0.39, 0.29) is 12.6 Å². The number of aliphatic hydroxyl groups excluding tert-OH is 1. The minimum Gasteiger partial charge on any atom is -0.395 e. The Balaban J connectivity index is 1.79. The Labute approximate surface area is 109 Å². The molecule has 0 spiro atoms. The van der Waals surface area contributed by atoms with Crippen LogP contribution in [0.5, 0.6) is 0 Å². The first kappa shape index (κ1) is 13.6. The minimum atomic E-state index is 0.0580. The zero-order valence-corrected chi connectivity index (χ0v) is 11.1. The Morgan fingerprint density at radius 2 is 2.06 bits per heavy atom. The van der Waals surface area contributed by atoms with E-state index in [2.05, 4.69) is 10.2 Å². The maximum absolute atomic E-state index is 11.5. The van der Waals surface area contributed by atoms with E-state index < -0.39 is 0 Å². The normalized spacial score (nSPS) is 21.7. The van der Waals surface area contributed by atoms with Crippen LogP contribution in [-0.2, 0) is 0 Å². The molecule has 1 aliphatic carbocycles. The van der Waals surface area contributed by atoms with Crippen molar-refractivity contribution in [2.45, 2.75) is 38.1 Å². The number of carbonyl (C=O) groups is 1. The Kier molecular flexibility index (Phi) is 5.26. The molecule has 2 amide bonds. The lowest BCUT2D eigenvalue weighted by Gasteiger charge is -2.34. The van der Waals surface area contributed by atoms with E-state index in [4.69, 9.17) is 0 Å². The third kappa shape index (κ3) is 3.59. The van der Waals surface area contributed by atoms with Gasteiger partial charge in [0.2, 0.25) is 0 Å². The van der Waals surface area contributed by atoms with Crippen LogP contribution in [0.15, 0.2) is 0 Å². The van der Waals surface area contributed by atoms with Crippen LogP contribution in [0.4, 0.5) is 4.79 Å². The molecule has 2 N–H and O–H groups in total. The second-order valence-electron chi connectivity index (χ2n) is 5.27. The van der Waals surface area contributed by atoms with E-state index in [0.29, 0.717) is 6.04 Å². The molecule has 1 saturated carbocycles. The van der Waals surface area contributed by atoms with E-state index in [1.807, 2.05) is 4.90 Å². The SMILES string of the molecule is O=C1NCCN1CCN(CCO)C1CCCCC1. The third-order valence-corrected chi connectivity index (χ3v) is 4.08. The van der Waals surface area contributed by atoms with Gasteiger partial charge in [-0.25, -0.2) is 4.79 Å². The molecule has 0 bridgehead atoms. The molecule has 1 saturated heterocycles. The lowest BCUT2D eigenvalue weighted by atomic mass is 9.94. The van der Waals surface area contributed by atoms with Gasteiger partial charge in [0.1, 0.15) is 0 Å². The van der Waals surface area contributed by atoms with Gasteiger partial charge in [0.15, 0.2) is 0 Å². The summed E-state index contributed by atoms with van der Waals surface area (Å²) < 4.78 is 0. The second-order valence-corrected chi connectivity index (χ2v) is 5.27. The van der Waals surface area contributed by atoms with Crippen molar-refractivity contribution >= 4 is 6.03 Å². The summed E-state index contributed by atoms with van der Waals surface area (Å²) in [7, 11) is 0. The third-order valence-electron chi connectivity index (χ3n) is 4.08. The van der Waals surface area contributed by atoms with Crippen LogP contribution >= 0.6 is 0 Å². The molecule has 0 aromatic rings. The Morgan fingerprint density at radius 1 is 1.28 bits per heavy atom. The highest BCUT2D eigenvalue weighted by molar-refractivity contribution is 5.76. The summed E-state index contributed by atoms with van der Waals surface area (Å²) in [5.74, 6) is 0. The van der Waals surface area contributed by atoms with Gasteiger partial charge in [-0.05, 0) is 12.8 Å². The summed E-state index contributed by atoms with van der Waals surface area (Å²) in [5.41, 5.74) is 0. The maximum atomic E-state index is 11.5. The number of nitrogens with one attached hydrogen (secondary N) is 1. The number of rotatable bonds is 6. The molecule has 2 rings (SSSR count). The summed E-state index contributed by atoms with van der Waals surface area (Å²) in [4.78, 5) is 15.7. The standard InChI is InChI=1S/C13H25N3O2/c17-11-10-15(12-4-2-1-3-5-12)8-9-16-7-6-14-13(16)18/h12,17H,1-11H2,(H,14,18). The monoisotopic (exact) mass is 255 g/mol. The van der Waals surface area contributed by atoms with Crippen LogP contribution in [0.2, 0.25) is 0 Å². The Bertz CT molecular complexity index is 267. The molecule has 2 aliphatic rings. The predicted octanol–water partition coefficient (Wildman–Crippen LogP) is 0.639. The summed E-state index contributed by atoms with van der Waals surface area (Å²) in [6, 6.07) is 0.666. The molecule has 0 aromatic heterocycles. The van der Waals surface area contributed by atoms with E-state index in [0.717, 1.165) is 32.7 Å². The first-order valence-electron chi connectivity index (χ1n) is 7.19. The van der Waals surface area contributed by atoms with Gasteiger partial charge >= 0.3 is 6.03 Å². The molecular weight excluding hydrogens is 230 g/mol. The van der Waals surface area contributed by atoms with Crippen molar-refractivity contribution in [1.29, 1.82) is 0 Å². The summed E-state index contributed by atoms with van der Waals surface area (Å²) in [5, 5.41) is 12.0. The fourth-order valence-electron chi connectivity index (χ4n) is 3.03. The number of nitrogens with zero attached hydrogens (tertiary/aromatic N) is 2. The van der Waals surface area contributed by atoms with Crippen molar-refractivity contribution in [3.63, 3.8) is 0 Å². The Hall–Kier alpha value is -0.810. The first-order chi connectivity index (χ1) is 8.81. The molecule has 104 valence electrons. The summed E-state index contributed by atoms with van der Waals surface area (Å²) in [6.45, 7) is 4.20. The fraction of sp³-hybridized carbons (Fsp3) is 0.923. The minimum absolute atomic E-state index is 0.0580. The molecule has 18 heavy (non-hydrogen) atoms. The van der Waals surface area contributed by atoms with E-state index in [1.165, 1.54) is 32.1 Å². The summed E-state index contributed by atoms with van der Waals surface area (Å²) >= 11 is 0. The van der Waals surface area contributed by atoms with Crippen molar-refractivity contribution < 1.29 is 9.90 Å². The molecular formula is C13H25N3O2. The highest BCUT2D eigenvalue weighted by atomic mass is 16.3.